The summed E-state index contributed by atoms with van der Waals surface area (Å²) < 4.78 is 33.8. The summed E-state index contributed by atoms with van der Waals surface area (Å²) >= 11 is 0. The highest BCUT2D eigenvalue weighted by Gasteiger charge is 2.23. The third-order valence-electron chi connectivity index (χ3n) is 4.09. The summed E-state index contributed by atoms with van der Waals surface area (Å²) in [5.74, 6) is 0.348. The van der Waals surface area contributed by atoms with Gasteiger partial charge in [0.1, 0.15) is 5.52 Å². The van der Waals surface area contributed by atoms with E-state index in [0.29, 0.717) is 17.0 Å². The fourth-order valence-electron chi connectivity index (χ4n) is 2.65. The number of hydrogen-bond donors (Lipinski definition) is 1. The molecule has 1 N–H and O–H groups in total. The second-order valence-corrected chi connectivity index (χ2v) is 7.75. The van der Waals surface area contributed by atoms with Crippen molar-refractivity contribution < 1.29 is 12.8 Å². The summed E-state index contributed by atoms with van der Waals surface area (Å²) in [6.07, 6.45) is 0. The normalized spacial score (nSPS) is 13.3. The van der Waals surface area contributed by atoms with Crippen molar-refractivity contribution in [3.8, 4) is 0 Å². The van der Waals surface area contributed by atoms with Gasteiger partial charge in [-0.1, -0.05) is 18.2 Å². The van der Waals surface area contributed by atoms with Crippen molar-refractivity contribution >= 4 is 21.1 Å². The van der Waals surface area contributed by atoms with Crippen LogP contribution in [0.2, 0.25) is 0 Å². The lowest BCUT2D eigenvalue weighted by Crippen LogP contribution is -2.27. The molecule has 1 aromatic heterocycles. The van der Waals surface area contributed by atoms with E-state index < -0.39 is 16.1 Å². The predicted octanol–water partition coefficient (Wildman–Crippen LogP) is 3.79. The highest BCUT2D eigenvalue weighted by molar-refractivity contribution is 7.89. The van der Waals surface area contributed by atoms with Gasteiger partial charge >= 0.3 is 0 Å². The van der Waals surface area contributed by atoms with Crippen LogP contribution in [0.3, 0.4) is 0 Å². The van der Waals surface area contributed by atoms with Crippen molar-refractivity contribution in [2.45, 2.75) is 38.6 Å². The Hall–Kier alpha value is -2.18. The maximum Gasteiger partial charge on any atom is 0.241 e. The smallest absolute Gasteiger partial charge is 0.241 e. The quantitative estimate of drug-likeness (QED) is 0.781. The Morgan fingerprint density at radius 3 is 2.42 bits per heavy atom. The number of oxazole rings is 1. The van der Waals surface area contributed by atoms with Crippen molar-refractivity contribution in [2.75, 3.05) is 0 Å². The van der Waals surface area contributed by atoms with Gasteiger partial charge in [0, 0.05) is 0 Å². The Balaban J connectivity index is 1.92. The molecule has 126 valence electrons. The second-order valence-electron chi connectivity index (χ2n) is 6.06. The molecule has 0 aliphatic heterocycles. The van der Waals surface area contributed by atoms with Gasteiger partial charge in [0.05, 0.1) is 10.9 Å². The molecule has 1 unspecified atom stereocenters. The molecule has 3 rings (SSSR count). The predicted molar refractivity (Wildman–Crippen MR) is 93.4 cm³/mol. The topological polar surface area (TPSA) is 72.2 Å². The van der Waals surface area contributed by atoms with E-state index in [1.165, 1.54) is 0 Å². The lowest BCUT2D eigenvalue weighted by molar-refractivity contribution is 0.467. The Bertz CT molecular complexity index is 973. The lowest BCUT2D eigenvalue weighted by Gasteiger charge is -2.14. The van der Waals surface area contributed by atoms with E-state index in [2.05, 4.69) is 9.71 Å². The Kier molecular flexibility index (Phi) is 4.19. The van der Waals surface area contributed by atoms with Crippen molar-refractivity contribution in [3.63, 3.8) is 0 Å². The standard InChI is InChI=1S/C18H20N2O3S/c1-11-9-13(3)17(10-12(11)2)24(21,22)20-14(4)18-19-15-7-5-6-8-16(15)23-18/h5-10,14,20H,1-4H3. The fourth-order valence-corrected chi connectivity index (χ4v) is 4.15. The van der Waals surface area contributed by atoms with Crippen LogP contribution in [0.25, 0.3) is 11.1 Å². The molecule has 0 aliphatic carbocycles. The molecule has 0 spiro atoms. The molecule has 0 radical (unpaired) electrons. The van der Waals surface area contributed by atoms with Gasteiger partial charge in [0.25, 0.3) is 0 Å². The first-order valence-electron chi connectivity index (χ1n) is 7.73. The number of para-hydroxylation sites is 2. The summed E-state index contributed by atoms with van der Waals surface area (Å²) in [5, 5.41) is 0. The molecule has 24 heavy (non-hydrogen) atoms. The summed E-state index contributed by atoms with van der Waals surface area (Å²) in [6.45, 7) is 7.38. The number of fused-ring (bicyclic) bond motifs is 1. The summed E-state index contributed by atoms with van der Waals surface area (Å²) in [6, 6.07) is 10.4. The number of nitrogens with one attached hydrogen (secondary N) is 1. The number of nitrogens with zero attached hydrogens (tertiary/aromatic N) is 1. The van der Waals surface area contributed by atoms with Crippen molar-refractivity contribution in [2.24, 2.45) is 0 Å². The minimum absolute atomic E-state index is 0.286. The highest BCUT2D eigenvalue weighted by atomic mass is 32.2. The van der Waals surface area contributed by atoms with Gasteiger partial charge in [-0.15, -0.1) is 0 Å². The molecular weight excluding hydrogens is 324 g/mol. The Labute approximate surface area is 141 Å². The van der Waals surface area contributed by atoms with Crippen LogP contribution in [0.4, 0.5) is 0 Å². The van der Waals surface area contributed by atoms with Crippen LogP contribution >= 0.6 is 0 Å². The first kappa shape index (κ1) is 16.7. The minimum Gasteiger partial charge on any atom is -0.439 e. The van der Waals surface area contributed by atoms with Crippen LogP contribution in [-0.4, -0.2) is 13.4 Å². The summed E-state index contributed by atoms with van der Waals surface area (Å²) in [5.41, 5.74) is 4.08. The first-order chi connectivity index (χ1) is 11.3. The van der Waals surface area contributed by atoms with Crippen LogP contribution in [0.1, 0.15) is 35.5 Å². The molecule has 6 heteroatoms. The van der Waals surface area contributed by atoms with E-state index in [1.807, 2.05) is 38.1 Å². The van der Waals surface area contributed by atoms with Crippen molar-refractivity contribution in [1.29, 1.82) is 0 Å². The van der Waals surface area contributed by atoms with Gasteiger partial charge in [-0.25, -0.2) is 13.4 Å². The molecule has 0 bridgehead atoms. The van der Waals surface area contributed by atoms with Gasteiger partial charge in [-0.3, -0.25) is 0 Å². The molecule has 5 nitrogen and oxygen atoms in total. The van der Waals surface area contributed by atoms with Crippen molar-refractivity contribution in [3.05, 3.63) is 59.0 Å². The average Bonchev–Trinajstić information content (AvgIpc) is 2.94. The Morgan fingerprint density at radius 1 is 1.04 bits per heavy atom. The number of rotatable bonds is 4. The zero-order valence-electron chi connectivity index (χ0n) is 14.1. The average molecular weight is 344 g/mol. The van der Waals surface area contributed by atoms with Gasteiger partial charge in [0.2, 0.25) is 15.9 Å². The fraction of sp³-hybridized carbons (Fsp3) is 0.278. The monoisotopic (exact) mass is 344 g/mol. The molecular formula is C18H20N2O3S. The first-order valence-corrected chi connectivity index (χ1v) is 9.22. The molecule has 0 amide bonds. The molecule has 0 saturated carbocycles. The molecule has 0 fully saturated rings. The third-order valence-corrected chi connectivity index (χ3v) is 5.78. The number of hydrogen-bond acceptors (Lipinski definition) is 4. The number of aromatic nitrogens is 1. The van der Waals surface area contributed by atoms with Crippen LogP contribution < -0.4 is 4.72 Å². The summed E-state index contributed by atoms with van der Waals surface area (Å²) in [7, 11) is -3.67. The molecule has 0 aliphatic rings. The maximum absolute atomic E-state index is 12.7. The van der Waals surface area contributed by atoms with E-state index in [1.54, 1.807) is 26.0 Å². The van der Waals surface area contributed by atoms with E-state index >= 15 is 0 Å². The van der Waals surface area contributed by atoms with E-state index in [4.69, 9.17) is 4.42 Å². The largest absolute Gasteiger partial charge is 0.439 e. The Morgan fingerprint density at radius 2 is 1.71 bits per heavy atom. The van der Waals surface area contributed by atoms with Crippen LogP contribution in [0.5, 0.6) is 0 Å². The SMILES string of the molecule is Cc1cc(C)c(S(=O)(=O)NC(C)c2nc3ccccc3o2)cc1C. The highest BCUT2D eigenvalue weighted by Crippen LogP contribution is 2.24. The van der Waals surface area contributed by atoms with Crippen molar-refractivity contribution in [1.82, 2.24) is 9.71 Å². The van der Waals surface area contributed by atoms with Gasteiger partial charge < -0.3 is 4.42 Å². The zero-order valence-corrected chi connectivity index (χ0v) is 14.9. The lowest BCUT2D eigenvalue weighted by atomic mass is 10.1. The van der Waals surface area contributed by atoms with Crippen LogP contribution in [-0.2, 0) is 10.0 Å². The number of benzene rings is 2. The minimum atomic E-state index is -3.67. The van der Waals surface area contributed by atoms with E-state index in [0.717, 1.165) is 16.7 Å². The second kappa shape index (κ2) is 6.03. The molecule has 1 atom stereocenters. The zero-order chi connectivity index (χ0) is 17.5. The van der Waals surface area contributed by atoms with Crippen LogP contribution in [0, 0.1) is 20.8 Å². The van der Waals surface area contributed by atoms with E-state index in [-0.39, 0.29) is 4.90 Å². The van der Waals surface area contributed by atoms with Crippen LogP contribution in [0.15, 0.2) is 45.7 Å². The third kappa shape index (κ3) is 3.07. The number of aryl methyl sites for hydroxylation is 3. The molecule has 2 aromatic carbocycles. The molecule has 1 heterocycles. The summed E-state index contributed by atoms with van der Waals surface area (Å²) in [4.78, 5) is 4.64. The van der Waals surface area contributed by atoms with E-state index in [9.17, 15) is 8.42 Å². The van der Waals surface area contributed by atoms with Gasteiger partial charge in [-0.2, -0.15) is 4.72 Å². The molecule has 0 saturated heterocycles. The molecule has 3 aromatic rings. The van der Waals surface area contributed by atoms with Gasteiger partial charge in [-0.05, 0) is 62.6 Å². The maximum atomic E-state index is 12.7. The van der Waals surface area contributed by atoms with Gasteiger partial charge in [0.15, 0.2) is 5.58 Å². The number of sulfonamides is 1.